The quantitative estimate of drug-likeness (QED) is 0.866. The predicted octanol–water partition coefficient (Wildman–Crippen LogP) is 2.85. The van der Waals surface area contributed by atoms with Gasteiger partial charge in [-0.15, -0.1) is 0 Å². The molecule has 0 aromatic carbocycles. The summed E-state index contributed by atoms with van der Waals surface area (Å²) in [6, 6.07) is 2.04. The van der Waals surface area contributed by atoms with E-state index in [0.29, 0.717) is 5.92 Å². The molecule has 0 unspecified atom stereocenters. The molecule has 80 valence electrons. The lowest BCUT2D eigenvalue weighted by molar-refractivity contribution is 0.484. The zero-order chi connectivity index (χ0) is 10.8. The minimum Gasteiger partial charge on any atom is -0.396 e. The Morgan fingerprint density at radius 2 is 2.33 bits per heavy atom. The summed E-state index contributed by atoms with van der Waals surface area (Å²) in [6.07, 6.45) is 1.91. The van der Waals surface area contributed by atoms with Gasteiger partial charge in [-0.1, -0.05) is 13.8 Å². The number of hydrogen-bond acceptors (Lipinski definition) is 3. The number of thiophene rings is 1. The van der Waals surface area contributed by atoms with Crippen molar-refractivity contribution in [3.05, 3.63) is 23.0 Å². The van der Waals surface area contributed by atoms with E-state index in [2.05, 4.69) is 24.3 Å². The van der Waals surface area contributed by atoms with Gasteiger partial charge in [-0.25, -0.2) is 0 Å². The fourth-order valence-electron chi connectivity index (χ4n) is 1.53. The lowest BCUT2D eigenvalue weighted by Gasteiger charge is -2.03. The third-order valence-electron chi connectivity index (χ3n) is 2.14. The third kappa shape index (κ3) is 2.21. The Hall–Kier alpha value is -1.29. The fourth-order valence-corrected chi connectivity index (χ4v) is 2.17. The van der Waals surface area contributed by atoms with Crippen molar-refractivity contribution >= 4 is 17.0 Å². The second-order valence-corrected chi connectivity index (χ2v) is 4.84. The highest BCUT2D eigenvalue weighted by molar-refractivity contribution is 7.08. The summed E-state index contributed by atoms with van der Waals surface area (Å²) in [4.78, 5) is 0. The van der Waals surface area contributed by atoms with Crippen LogP contribution in [0.2, 0.25) is 0 Å². The Labute approximate surface area is 93.5 Å². The topological polar surface area (TPSA) is 43.8 Å². The van der Waals surface area contributed by atoms with Gasteiger partial charge in [-0.3, -0.25) is 4.68 Å². The summed E-state index contributed by atoms with van der Waals surface area (Å²) < 4.78 is 1.92. The molecule has 0 saturated heterocycles. The first kappa shape index (κ1) is 10.2. The zero-order valence-electron chi connectivity index (χ0n) is 8.97. The van der Waals surface area contributed by atoms with E-state index in [9.17, 15) is 0 Å². The number of anilines is 1. The van der Waals surface area contributed by atoms with Crippen LogP contribution in [0, 0.1) is 5.92 Å². The van der Waals surface area contributed by atoms with E-state index in [1.165, 1.54) is 0 Å². The van der Waals surface area contributed by atoms with Gasteiger partial charge in [-0.2, -0.15) is 16.4 Å². The van der Waals surface area contributed by atoms with Crippen LogP contribution < -0.4 is 5.73 Å². The zero-order valence-corrected chi connectivity index (χ0v) is 9.79. The van der Waals surface area contributed by atoms with Crippen LogP contribution in [0.25, 0.3) is 11.3 Å². The molecule has 0 aliphatic carbocycles. The van der Waals surface area contributed by atoms with Crippen LogP contribution in [0.3, 0.4) is 0 Å². The molecular weight excluding hydrogens is 206 g/mol. The van der Waals surface area contributed by atoms with Gasteiger partial charge in [0.1, 0.15) is 5.69 Å². The standard InChI is InChI=1S/C11H15N3S/c1-8(2)5-14-6-10(12)11(13-14)9-3-4-15-7-9/h3-4,6-8H,5,12H2,1-2H3. The van der Waals surface area contributed by atoms with E-state index in [1.807, 2.05) is 22.3 Å². The van der Waals surface area contributed by atoms with Crippen LogP contribution in [0.15, 0.2) is 23.0 Å². The normalized spacial score (nSPS) is 11.1. The Balaban J connectivity index is 2.30. The van der Waals surface area contributed by atoms with Crippen molar-refractivity contribution in [1.29, 1.82) is 0 Å². The van der Waals surface area contributed by atoms with Crippen molar-refractivity contribution in [2.24, 2.45) is 5.92 Å². The van der Waals surface area contributed by atoms with Gasteiger partial charge in [0.15, 0.2) is 0 Å². The largest absolute Gasteiger partial charge is 0.396 e. The molecule has 0 saturated carbocycles. The number of nitrogens with zero attached hydrogens (tertiary/aromatic N) is 2. The van der Waals surface area contributed by atoms with Crippen LogP contribution in [-0.2, 0) is 6.54 Å². The Kier molecular flexibility index (Phi) is 2.77. The van der Waals surface area contributed by atoms with Crippen molar-refractivity contribution in [3.63, 3.8) is 0 Å². The van der Waals surface area contributed by atoms with E-state index in [-0.39, 0.29) is 0 Å². The van der Waals surface area contributed by atoms with E-state index < -0.39 is 0 Å². The van der Waals surface area contributed by atoms with Crippen molar-refractivity contribution in [2.75, 3.05) is 5.73 Å². The van der Waals surface area contributed by atoms with Gasteiger partial charge < -0.3 is 5.73 Å². The van der Waals surface area contributed by atoms with Crippen LogP contribution >= 0.6 is 11.3 Å². The van der Waals surface area contributed by atoms with Gasteiger partial charge in [0.2, 0.25) is 0 Å². The SMILES string of the molecule is CC(C)Cn1cc(N)c(-c2ccsc2)n1. The monoisotopic (exact) mass is 221 g/mol. The summed E-state index contributed by atoms with van der Waals surface area (Å²) >= 11 is 1.66. The summed E-state index contributed by atoms with van der Waals surface area (Å²) in [7, 11) is 0. The van der Waals surface area contributed by atoms with Crippen LogP contribution in [0.4, 0.5) is 5.69 Å². The molecule has 0 amide bonds. The molecule has 0 fully saturated rings. The first-order valence-electron chi connectivity index (χ1n) is 5.02. The summed E-state index contributed by atoms with van der Waals surface area (Å²) in [5.41, 5.74) is 8.70. The molecule has 2 aromatic rings. The second kappa shape index (κ2) is 4.06. The lowest BCUT2D eigenvalue weighted by Crippen LogP contribution is -2.04. The Bertz CT molecular complexity index is 429. The highest BCUT2D eigenvalue weighted by atomic mass is 32.1. The molecule has 2 N–H and O–H groups in total. The number of hydrogen-bond donors (Lipinski definition) is 1. The molecule has 0 aliphatic heterocycles. The lowest BCUT2D eigenvalue weighted by atomic mass is 10.2. The molecule has 0 spiro atoms. The fraction of sp³-hybridized carbons (Fsp3) is 0.364. The number of nitrogen functional groups attached to an aromatic ring is 1. The molecule has 4 heteroatoms. The summed E-state index contributed by atoms with van der Waals surface area (Å²) in [5, 5.41) is 8.60. The van der Waals surface area contributed by atoms with E-state index >= 15 is 0 Å². The van der Waals surface area contributed by atoms with E-state index in [1.54, 1.807) is 11.3 Å². The molecule has 0 radical (unpaired) electrons. The first-order chi connectivity index (χ1) is 7.16. The van der Waals surface area contributed by atoms with E-state index in [0.717, 1.165) is 23.5 Å². The van der Waals surface area contributed by atoms with Crippen molar-refractivity contribution < 1.29 is 0 Å². The molecule has 2 rings (SSSR count). The third-order valence-corrected chi connectivity index (χ3v) is 2.82. The number of aromatic nitrogens is 2. The highest BCUT2D eigenvalue weighted by Crippen LogP contribution is 2.26. The molecule has 0 atom stereocenters. The number of rotatable bonds is 3. The average Bonchev–Trinajstić information content (AvgIpc) is 2.72. The maximum absolute atomic E-state index is 5.93. The van der Waals surface area contributed by atoms with Gasteiger partial charge in [0.25, 0.3) is 0 Å². The van der Waals surface area contributed by atoms with Gasteiger partial charge in [0.05, 0.1) is 5.69 Å². The first-order valence-corrected chi connectivity index (χ1v) is 5.96. The van der Waals surface area contributed by atoms with Crippen LogP contribution in [-0.4, -0.2) is 9.78 Å². The Morgan fingerprint density at radius 3 is 2.93 bits per heavy atom. The average molecular weight is 221 g/mol. The molecule has 15 heavy (non-hydrogen) atoms. The molecular formula is C11H15N3S. The van der Waals surface area contributed by atoms with Crippen LogP contribution in [0.5, 0.6) is 0 Å². The minimum atomic E-state index is 0.583. The summed E-state index contributed by atoms with van der Waals surface area (Å²) in [6.45, 7) is 5.25. The Morgan fingerprint density at radius 1 is 1.53 bits per heavy atom. The maximum Gasteiger partial charge on any atom is 0.116 e. The highest BCUT2D eigenvalue weighted by Gasteiger charge is 2.09. The molecule has 0 bridgehead atoms. The second-order valence-electron chi connectivity index (χ2n) is 4.06. The molecule has 2 aromatic heterocycles. The maximum atomic E-state index is 5.93. The van der Waals surface area contributed by atoms with Crippen molar-refractivity contribution in [3.8, 4) is 11.3 Å². The van der Waals surface area contributed by atoms with E-state index in [4.69, 9.17) is 5.73 Å². The number of nitrogens with two attached hydrogens (primary N) is 1. The van der Waals surface area contributed by atoms with Gasteiger partial charge in [0, 0.05) is 23.7 Å². The molecule has 0 aliphatic rings. The van der Waals surface area contributed by atoms with Crippen molar-refractivity contribution in [1.82, 2.24) is 9.78 Å². The smallest absolute Gasteiger partial charge is 0.116 e. The minimum absolute atomic E-state index is 0.583. The van der Waals surface area contributed by atoms with Crippen molar-refractivity contribution in [2.45, 2.75) is 20.4 Å². The summed E-state index contributed by atoms with van der Waals surface area (Å²) in [5.74, 6) is 0.583. The molecule has 3 nitrogen and oxygen atoms in total. The van der Waals surface area contributed by atoms with Gasteiger partial charge in [-0.05, 0) is 17.4 Å². The van der Waals surface area contributed by atoms with Crippen LogP contribution in [0.1, 0.15) is 13.8 Å². The predicted molar refractivity (Wildman–Crippen MR) is 64.8 cm³/mol. The molecule has 2 heterocycles. The van der Waals surface area contributed by atoms with Gasteiger partial charge >= 0.3 is 0 Å².